The van der Waals surface area contributed by atoms with Gasteiger partial charge in [0.15, 0.2) is 0 Å². The number of amidine groups is 1. The molecule has 2 aliphatic heterocycles. The number of aliphatic imine (C=N–C) groups is 1. The summed E-state index contributed by atoms with van der Waals surface area (Å²) in [5.41, 5.74) is 3.71. The summed E-state index contributed by atoms with van der Waals surface area (Å²) in [6.07, 6.45) is 0.515. The van der Waals surface area contributed by atoms with Crippen LogP contribution < -0.4 is 20.9 Å². The van der Waals surface area contributed by atoms with Gasteiger partial charge in [-0.15, -0.1) is 0 Å². The molecule has 8 heteroatoms. The summed E-state index contributed by atoms with van der Waals surface area (Å²) in [7, 11) is 0. The number of carbonyl (C=O) groups excluding carboxylic acids is 3. The molecule has 2 aliphatic rings. The number of para-hydroxylation sites is 2. The molecule has 36 heavy (non-hydrogen) atoms. The van der Waals surface area contributed by atoms with Crippen LogP contribution in [0.1, 0.15) is 27.9 Å². The largest absolute Gasteiger partial charge is 0.368 e. The van der Waals surface area contributed by atoms with Gasteiger partial charge in [0.05, 0.1) is 24.3 Å². The van der Waals surface area contributed by atoms with Crippen LogP contribution in [0.3, 0.4) is 0 Å². The lowest BCUT2D eigenvalue weighted by atomic mass is 10.0. The Morgan fingerprint density at radius 2 is 1.72 bits per heavy atom. The molecule has 8 nitrogen and oxygen atoms in total. The van der Waals surface area contributed by atoms with Crippen molar-refractivity contribution in [1.29, 1.82) is 0 Å². The van der Waals surface area contributed by atoms with E-state index in [1.165, 1.54) is 4.90 Å². The number of benzene rings is 3. The number of rotatable bonds is 7. The van der Waals surface area contributed by atoms with Crippen molar-refractivity contribution in [3.8, 4) is 0 Å². The highest BCUT2D eigenvalue weighted by atomic mass is 16.2. The van der Waals surface area contributed by atoms with Gasteiger partial charge in [0.25, 0.3) is 5.91 Å². The fourth-order valence-electron chi connectivity index (χ4n) is 4.46. The third-order valence-corrected chi connectivity index (χ3v) is 6.29. The highest BCUT2D eigenvalue weighted by Gasteiger charge is 2.38. The number of nitrogens with zero attached hydrogens (tertiary/aromatic N) is 2. The molecule has 3 aromatic rings. The van der Waals surface area contributed by atoms with Crippen LogP contribution in [0.15, 0.2) is 83.9 Å². The van der Waals surface area contributed by atoms with E-state index in [0.717, 1.165) is 30.1 Å². The second-order valence-corrected chi connectivity index (χ2v) is 8.72. The van der Waals surface area contributed by atoms with Gasteiger partial charge in [-0.05, 0) is 36.2 Å². The van der Waals surface area contributed by atoms with Gasteiger partial charge in [0.1, 0.15) is 11.9 Å². The summed E-state index contributed by atoms with van der Waals surface area (Å²) < 4.78 is 0. The Bertz CT molecular complexity index is 1300. The van der Waals surface area contributed by atoms with Crippen LogP contribution >= 0.6 is 0 Å². The molecule has 0 aliphatic carbocycles. The van der Waals surface area contributed by atoms with Crippen LogP contribution in [0.4, 0.5) is 11.4 Å². The van der Waals surface area contributed by atoms with Gasteiger partial charge >= 0.3 is 0 Å². The SMILES string of the molecule is O=C(C[C@@H]1C(=O)Nc2ccccc2N1C(=O)c1ccccc1)NCCc1ccc(C2=NCCN2)cc1. The van der Waals surface area contributed by atoms with Crippen molar-refractivity contribution in [2.24, 2.45) is 4.99 Å². The number of fused-ring (bicyclic) bond motifs is 1. The van der Waals surface area contributed by atoms with Crippen molar-refractivity contribution >= 4 is 34.9 Å². The van der Waals surface area contributed by atoms with Crippen molar-refractivity contribution in [1.82, 2.24) is 10.6 Å². The molecule has 0 bridgehead atoms. The van der Waals surface area contributed by atoms with E-state index in [-0.39, 0.29) is 24.1 Å². The number of anilines is 2. The summed E-state index contributed by atoms with van der Waals surface area (Å²) in [5, 5.41) is 8.99. The minimum Gasteiger partial charge on any atom is -0.368 e. The summed E-state index contributed by atoms with van der Waals surface area (Å²) >= 11 is 0. The molecule has 0 unspecified atom stereocenters. The Balaban J connectivity index is 1.25. The van der Waals surface area contributed by atoms with E-state index >= 15 is 0 Å². The smallest absolute Gasteiger partial charge is 0.259 e. The molecule has 0 saturated heterocycles. The normalized spacial score (nSPS) is 16.4. The third-order valence-electron chi connectivity index (χ3n) is 6.29. The zero-order valence-corrected chi connectivity index (χ0v) is 19.7. The Morgan fingerprint density at radius 1 is 0.972 bits per heavy atom. The second kappa shape index (κ2) is 10.4. The number of amides is 3. The molecule has 0 radical (unpaired) electrons. The van der Waals surface area contributed by atoms with Crippen molar-refractivity contribution in [3.63, 3.8) is 0 Å². The Labute approximate surface area is 209 Å². The number of carbonyl (C=O) groups is 3. The lowest BCUT2D eigenvalue weighted by Gasteiger charge is -2.36. The van der Waals surface area contributed by atoms with Crippen LogP contribution in [-0.2, 0) is 16.0 Å². The van der Waals surface area contributed by atoms with Crippen LogP contribution in [-0.4, -0.2) is 49.2 Å². The summed E-state index contributed by atoms with van der Waals surface area (Å²) in [6, 6.07) is 23.0. The summed E-state index contributed by atoms with van der Waals surface area (Å²) in [5.74, 6) is -0.0809. The zero-order chi connectivity index (χ0) is 24.9. The highest BCUT2D eigenvalue weighted by Crippen LogP contribution is 2.34. The van der Waals surface area contributed by atoms with E-state index in [4.69, 9.17) is 0 Å². The first-order valence-electron chi connectivity index (χ1n) is 12.0. The van der Waals surface area contributed by atoms with Gasteiger partial charge in [0.2, 0.25) is 11.8 Å². The van der Waals surface area contributed by atoms with E-state index in [2.05, 4.69) is 20.9 Å². The first-order valence-corrected chi connectivity index (χ1v) is 12.0. The van der Waals surface area contributed by atoms with Gasteiger partial charge in [-0.25, -0.2) is 0 Å². The molecule has 3 N–H and O–H groups in total. The maximum atomic E-state index is 13.4. The molecule has 5 rings (SSSR count). The van der Waals surface area contributed by atoms with Gasteiger partial charge in [-0.1, -0.05) is 54.6 Å². The van der Waals surface area contributed by atoms with Crippen molar-refractivity contribution < 1.29 is 14.4 Å². The van der Waals surface area contributed by atoms with Gasteiger partial charge in [0, 0.05) is 24.2 Å². The van der Waals surface area contributed by atoms with Crippen molar-refractivity contribution in [3.05, 3.63) is 95.6 Å². The predicted molar refractivity (Wildman–Crippen MR) is 139 cm³/mol. The standard InChI is InChI=1S/C28H27N5O3/c34-25(29-15-14-19-10-12-20(13-11-19)26-30-16-17-31-26)18-24-27(35)32-22-8-4-5-9-23(22)33(24)28(36)21-6-2-1-3-7-21/h1-13,24H,14-18H2,(H,29,34)(H,30,31)(H,32,35)/t24-/m1/s1. The third kappa shape index (κ3) is 4.98. The monoisotopic (exact) mass is 481 g/mol. The average Bonchev–Trinajstić information content (AvgIpc) is 3.45. The number of hydrogen-bond acceptors (Lipinski definition) is 5. The van der Waals surface area contributed by atoms with E-state index < -0.39 is 6.04 Å². The molecule has 2 heterocycles. The van der Waals surface area contributed by atoms with Crippen molar-refractivity contribution in [2.45, 2.75) is 18.9 Å². The van der Waals surface area contributed by atoms with Crippen LogP contribution in [0, 0.1) is 0 Å². The van der Waals surface area contributed by atoms with Gasteiger partial charge < -0.3 is 16.0 Å². The van der Waals surface area contributed by atoms with Crippen LogP contribution in [0.2, 0.25) is 0 Å². The van der Waals surface area contributed by atoms with E-state index in [1.807, 2.05) is 30.3 Å². The summed E-state index contributed by atoms with van der Waals surface area (Å²) in [6.45, 7) is 2.08. The Kier molecular flexibility index (Phi) is 6.75. The fraction of sp³-hybridized carbons (Fsp3) is 0.214. The first kappa shape index (κ1) is 23.3. The molecule has 0 saturated carbocycles. The highest BCUT2D eigenvalue weighted by molar-refractivity contribution is 6.17. The predicted octanol–water partition coefficient (Wildman–Crippen LogP) is 2.75. The topological polar surface area (TPSA) is 103 Å². The maximum Gasteiger partial charge on any atom is 0.259 e. The lowest BCUT2D eigenvalue weighted by molar-refractivity contribution is -0.125. The molecule has 0 fully saturated rings. The van der Waals surface area contributed by atoms with Crippen LogP contribution in [0.5, 0.6) is 0 Å². The van der Waals surface area contributed by atoms with E-state index in [9.17, 15) is 14.4 Å². The van der Waals surface area contributed by atoms with Gasteiger partial charge in [-0.3, -0.25) is 24.3 Å². The zero-order valence-electron chi connectivity index (χ0n) is 19.7. The Morgan fingerprint density at radius 3 is 2.47 bits per heavy atom. The van der Waals surface area contributed by atoms with E-state index in [0.29, 0.717) is 29.9 Å². The minimum absolute atomic E-state index is 0.136. The number of nitrogens with one attached hydrogen (secondary N) is 3. The molecule has 3 aromatic carbocycles. The molecular formula is C28H27N5O3. The fourth-order valence-corrected chi connectivity index (χ4v) is 4.46. The second-order valence-electron chi connectivity index (χ2n) is 8.72. The summed E-state index contributed by atoms with van der Waals surface area (Å²) in [4.78, 5) is 45.1. The molecular weight excluding hydrogens is 454 g/mol. The molecule has 182 valence electrons. The van der Waals surface area contributed by atoms with Crippen molar-refractivity contribution in [2.75, 3.05) is 29.9 Å². The quantitative estimate of drug-likeness (QED) is 0.483. The molecule has 0 aromatic heterocycles. The molecule has 1 atom stereocenters. The maximum absolute atomic E-state index is 13.4. The minimum atomic E-state index is -0.952. The first-order chi connectivity index (χ1) is 17.6. The van der Waals surface area contributed by atoms with Gasteiger partial charge in [-0.2, -0.15) is 0 Å². The average molecular weight is 482 g/mol. The van der Waals surface area contributed by atoms with Crippen LogP contribution in [0.25, 0.3) is 0 Å². The number of hydrogen-bond donors (Lipinski definition) is 3. The van der Waals surface area contributed by atoms with E-state index in [1.54, 1.807) is 48.5 Å². The molecule has 3 amide bonds. The molecule has 0 spiro atoms. The lowest BCUT2D eigenvalue weighted by Crippen LogP contribution is -2.53. The Hall–Kier alpha value is -4.46.